The molecule has 0 bridgehead atoms. The Morgan fingerprint density at radius 1 is 1.22 bits per heavy atom. The van der Waals surface area contributed by atoms with Crippen LogP contribution in [-0.2, 0) is 6.42 Å². The Hall–Kier alpha value is 0.589. The number of aryl methyl sites for hydroxylation is 2. The number of hydrogen-bond acceptors (Lipinski definition) is 3. The molecule has 4 heteroatoms. The Balaban J connectivity index is 0.000000917. The van der Waals surface area contributed by atoms with E-state index in [4.69, 9.17) is 0 Å². The first-order chi connectivity index (χ1) is 8.29. The summed E-state index contributed by atoms with van der Waals surface area (Å²) in [6, 6.07) is 8.30. The van der Waals surface area contributed by atoms with Crippen LogP contribution in [0.3, 0.4) is 0 Å². The Bertz CT molecular complexity index is 514. The van der Waals surface area contributed by atoms with Crippen LogP contribution in [0.2, 0.25) is 0 Å². The van der Waals surface area contributed by atoms with Gasteiger partial charge in [-0.2, -0.15) is 5.38 Å². The molecule has 0 radical (unpaired) electrons. The average molecular weight is 437 g/mol. The molecule has 0 spiro atoms. The van der Waals surface area contributed by atoms with Crippen molar-refractivity contribution in [2.75, 3.05) is 0 Å². The van der Waals surface area contributed by atoms with E-state index >= 15 is 0 Å². The van der Waals surface area contributed by atoms with Gasteiger partial charge in [-0.15, -0.1) is 0 Å². The summed E-state index contributed by atoms with van der Waals surface area (Å²) in [5.74, 6) is 0. The summed E-state index contributed by atoms with van der Waals surface area (Å²) in [7, 11) is 0. The van der Waals surface area contributed by atoms with Gasteiger partial charge in [0.2, 0.25) is 0 Å². The number of para-hydroxylation sites is 1. The van der Waals surface area contributed by atoms with Crippen molar-refractivity contribution in [1.29, 1.82) is 0 Å². The Kier molecular flexibility index (Phi) is 10.7. The zero-order valence-corrected chi connectivity index (χ0v) is 14.4. The van der Waals surface area contributed by atoms with Gasteiger partial charge in [0.05, 0.1) is 0 Å². The first kappa shape index (κ1) is 18.6. The number of benzene rings is 1. The van der Waals surface area contributed by atoms with E-state index in [1.165, 1.54) is 10.4 Å². The molecular weight excluding hydrogens is 419 g/mol. The van der Waals surface area contributed by atoms with Crippen LogP contribution >= 0.6 is 22.7 Å². The molecule has 0 atom stereocenters. The van der Waals surface area contributed by atoms with Crippen LogP contribution in [0.25, 0.3) is 0 Å². The van der Waals surface area contributed by atoms with Crippen LogP contribution in [-0.4, -0.2) is 0 Å². The largest absolute Gasteiger partial charge is 0.325 e. The molecule has 106 valence electrons. The Morgan fingerprint density at radius 2 is 1.89 bits per heavy atom. The number of hydrogen-bond donors (Lipinski definition) is 0. The van der Waals surface area contributed by atoms with E-state index in [-0.39, 0.29) is 46.9 Å². The molecular formula is C14H18NS2Yb-. The van der Waals surface area contributed by atoms with Gasteiger partial charge in [-0.25, -0.2) is 11.3 Å². The van der Waals surface area contributed by atoms with Crippen LogP contribution < -0.4 is 3.98 Å². The zero-order chi connectivity index (χ0) is 12.7. The van der Waals surface area contributed by atoms with Gasteiger partial charge < -0.3 is 16.3 Å². The molecule has 0 aliphatic heterocycles. The summed E-state index contributed by atoms with van der Waals surface area (Å²) >= 11 is 3.29. The van der Waals surface area contributed by atoms with Gasteiger partial charge in [0.1, 0.15) is 0 Å². The topological polar surface area (TPSA) is 12.4 Å². The summed E-state index contributed by atoms with van der Waals surface area (Å²) in [4.78, 5) is 5.84. The molecule has 1 heterocycles. The molecule has 1 aromatic heterocycles. The van der Waals surface area contributed by atoms with Crippen LogP contribution in [0, 0.1) is 59.2 Å². The van der Waals surface area contributed by atoms with Gasteiger partial charge in [0.15, 0.2) is 0 Å². The van der Waals surface area contributed by atoms with Gasteiger partial charge in [-0.05, 0) is 25.0 Å². The Labute approximate surface area is 156 Å². The molecule has 0 aliphatic rings. The van der Waals surface area contributed by atoms with Gasteiger partial charge in [0.25, 0.3) is 0 Å². The smallest absolute Gasteiger partial charge is 0.0473 e. The summed E-state index contributed by atoms with van der Waals surface area (Å²) < 4.78 is 1.08. The van der Waals surface area contributed by atoms with Crippen molar-refractivity contribution in [1.82, 2.24) is 0 Å². The molecule has 0 saturated heterocycles. The van der Waals surface area contributed by atoms with E-state index in [9.17, 15) is 0 Å². The predicted molar refractivity (Wildman–Crippen MR) is 78.2 cm³/mol. The van der Waals surface area contributed by atoms with Gasteiger partial charge in [-0.1, -0.05) is 43.8 Å². The summed E-state index contributed by atoms with van der Waals surface area (Å²) in [5.41, 5.74) is 2.39. The fourth-order valence-corrected chi connectivity index (χ4v) is 3.09. The van der Waals surface area contributed by atoms with Crippen molar-refractivity contribution in [2.45, 2.75) is 34.1 Å². The van der Waals surface area contributed by atoms with Crippen LogP contribution in [0.1, 0.15) is 31.2 Å². The van der Waals surface area contributed by atoms with Gasteiger partial charge in [0, 0.05) is 56.6 Å². The first-order valence-electron chi connectivity index (χ1n) is 5.90. The fourth-order valence-electron chi connectivity index (χ4n) is 1.35. The van der Waals surface area contributed by atoms with Crippen molar-refractivity contribution < 1.29 is 46.9 Å². The minimum Gasteiger partial charge on any atom is -0.325 e. The maximum Gasteiger partial charge on any atom is 0.0473 e. The number of rotatable bonds is 2. The molecule has 0 unspecified atom stereocenters. The number of nitrogens with zero attached hydrogens (tertiary/aromatic N) is 1. The van der Waals surface area contributed by atoms with Crippen molar-refractivity contribution in [2.24, 2.45) is 4.99 Å². The standard InChI is InChI=1S/C12H12NS2.C2H6.Yb/c1-3-10-6-4-5-7-11(10)13-12-14-8-9(2)15-12;1-2;/h4-7H,3H2,1-2H3;1-2H3;/q-1;;. The van der Waals surface area contributed by atoms with Gasteiger partial charge >= 0.3 is 0 Å². The second-order valence-corrected chi connectivity index (χ2v) is 5.48. The van der Waals surface area contributed by atoms with Crippen molar-refractivity contribution >= 4 is 28.4 Å². The third-order valence-corrected chi connectivity index (χ3v) is 4.08. The average Bonchev–Trinajstić information content (AvgIpc) is 2.78. The first-order valence-corrected chi connectivity index (χ1v) is 7.53. The van der Waals surface area contributed by atoms with Crippen LogP contribution in [0.5, 0.6) is 0 Å². The Morgan fingerprint density at radius 3 is 2.44 bits per heavy atom. The van der Waals surface area contributed by atoms with E-state index in [1.807, 2.05) is 19.9 Å². The van der Waals surface area contributed by atoms with Crippen molar-refractivity contribution in [3.63, 3.8) is 0 Å². The molecule has 2 aromatic rings. The third kappa shape index (κ3) is 5.70. The molecule has 0 aliphatic carbocycles. The maximum absolute atomic E-state index is 4.64. The minimum atomic E-state index is 0. The van der Waals surface area contributed by atoms with Crippen molar-refractivity contribution in [3.8, 4) is 0 Å². The molecule has 0 N–H and O–H groups in total. The molecule has 18 heavy (non-hydrogen) atoms. The fraction of sp³-hybridized carbons (Fsp3) is 0.357. The quantitative estimate of drug-likeness (QED) is 0.602. The second-order valence-electron chi connectivity index (χ2n) is 3.22. The minimum absolute atomic E-state index is 0. The molecule has 0 saturated carbocycles. The van der Waals surface area contributed by atoms with E-state index in [2.05, 4.69) is 42.4 Å². The van der Waals surface area contributed by atoms with E-state index < -0.39 is 0 Å². The zero-order valence-electron chi connectivity index (χ0n) is 11.0. The SMILES string of the molecule is CC.CCc1ccccc1N=c1s[c-]c(C)s1.[Yb]. The predicted octanol–water partition coefficient (Wildman–Crippen LogP) is 4.74. The van der Waals surface area contributed by atoms with Gasteiger partial charge in [-0.3, -0.25) is 0 Å². The monoisotopic (exact) mass is 438 g/mol. The molecule has 0 fully saturated rings. The van der Waals surface area contributed by atoms with Crippen LogP contribution in [0.15, 0.2) is 29.3 Å². The third-order valence-electron chi connectivity index (χ3n) is 2.11. The van der Waals surface area contributed by atoms with Crippen molar-refractivity contribution in [3.05, 3.63) is 44.1 Å². The van der Waals surface area contributed by atoms with E-state index in [0.717, 1.165) is 16.1 Å². The molecule has 1 nitrogen and oxygen atoms in total. The van der Waals surface area contributed by atoms with E-state index in [1.54, 1.807) is 22.7 Å². The van der Waals surface area contributed by atoms with Crippen LogP contribution in [0.4, 0.5) is 5.69 Å². The molecule has 0 amide bonds. The summed E-state index contributed by atoms with van der Waals surface area (Å²) in [5, 5.41) is 3.19. The molecule has 1 aromatic carbocycles. The maximum atomic E-state index is 4.64. The molecule has 2 rings (SSSR count). The summed E-state index contributed by atoms with van der Waals surface area (Å²) in [6.07, 6.45) is 1.03. The summed E-state index contributed by atoms with van der Waals surface area (Å²) in [6.45, 7) is 8.22. The second kappa shape index (κ2) is 10.4. The van der Waals surface area contributed by atoms with E-state index in [0.29, 0.717) is 0 Å². The normalized spacial score (nSPS) is 10.3.